The van der Waals surface area contributed by atoms with Crippen LogP contribution in [0.4, 0.5) is 0 Å². The van der Waals surface area contributed by atoms with E-state index in [2.05, 4.69) is 26.8 Å². The molecule has 0 N–H and O–H groups in total. The summed E-state index contributed by atoms with van der Waals surface area (Å²) in [4.78, 5) is 11.9. The lowest BCUT2D eigenvalue weighted by Gasteiger charge is -2.10. The van der Waals surface area contributed by atoms with Crippen LogP contribution in [0.1, 0.15) is 31.4 Å². The Hall–Kier alpha value is -1.31. The van der Waals surface area contributed by atoms with E-state index in [0.29, 0.717) is 12.3 Å². The molecule has 16 heavy (non-hydrogen) atoms. The summed E-state index contributed by atoms with van der Waals surface area (Å²) in [6.45, 7) is 6.19. The molecule has 0 bridgehead atoms. The topological polar surface area (TPSA) is 26.3 Å². The third-order valence-corrected chi connectivity index (χ3v) is 2.99. The van der Waals surface area contributed by atoms with Gasteiger partial charge in [0.05, 0.1) is 0 Å². The second-order valence-electron chi connectivity index (χ2n) is 4.93. The molecular weight excluding hydrogens is 200 g/mol. The highest BCUT2D eigenvalue weighted by atomic mass is 16.5. The minimum Gasteiger partial charge on any atom is -0.482 e. The number of Topliss-reactive ketones (excluding diaryl/α,β-unsaturated/α-hetero) is 1. The van der Waals surface area contributed by atoms with Crippen LogP contribution in [-0.2, 0) is 11.2 Å². The van der Waals surface area contributed by atoms with Gasteiger partial charge in [0.1, 0.15) is 5.75 Å². The summed E-state index contributed by atoms with van der Waals surface area (Å²) in [6, 6.07) is 5.99. The maximum atomic E-state index is 11.9. The molecule has 0 amide bonds. The van der Waals surface area contributed by atoms with E-state index in [1.807, 2.05) is 12.1 Å². The molecule has 0 saturated heterocycles. The first-order valence-electron chi connectivity index (χ1n) is 5.85. The zero-order valence-electron chi connectivity index (χ0n) is 10.1. The van der Waals surface area contributed by atoms with Crippen molar-refractivity contribution >= 4 is 5.78 Å². The van der Waals surface area contributed by atoms with Crippen LogP contribution in [0.2, 0.25) is 0 Å². The molecule has 1 aromatic rings. The van der Waals surface area contributed by atoms with Crippen LogP contribution in [0.5, 0.6) is 5.75 Å². The van der Waals surface area contributed by atoms with Crippen molar-refractivity contribution in [3.8, 4) is 5.75 Å². The first-order valence-corrected chi connectivity index (χ1v) is 5.85. The minimum absolute atomic E-state index is 0.227. The predicted molar refractivity (Wildman–Crippen MR) is 63.8 cm³/mol. The molecule has 0 radical (unpaired) electrons. The van der Waals surface area contributed by atoms with Crippen molar-refractivity contribution in [2.24, 2.45) is 5.92 Å². The fourth-order valence-electron chi connectivity index (χ4n) is 2.14. The SMILES string of the molecule is Cc1cccc2c1CC(C(=O)CC(C)C)O2. The van der Waals surface area contributed by atoms with Gasteiger partial charge in [-0.1, -0.05) is 26.0 Å². The summed E-state index contributed by atoms with van der Waals surface area (Å²) in [7, 11) is 0. The zero-order valence-corrected chi connectivity index (χ0v) is 10.1. The van der Waals surface area contributed by atoms with Crippen LogP contribution < -0.4 is 4.74 Å². The summed E-state index contributed by atoms with van der Waals surface area (Å²) >= 11 is 0. The molecule has 1 aliphatic heterocycles. The summed E-state index contributed by atoms with van der Waals surface area (Å²) in [5.74, 6) is 1.52. The highest BCUT2D eigenvalue weighted by Gasteiger charge is 2.29. The van der Waals surface area contributed by atoms with E-state index in [1.54, 1.807) is 0 Å². The molecule has 1 aromatic carbocycles. The van der Waals surface area contributed by atoms with Crippen LogP contribution in [0.15, 0.2) is 18.2 Å². The Morgan fingerprint density at radius 2 is 2.25 bits per heavy atom. The summed E-state index contributed by atoms with van der Waals surface area (Å²) in [5.41, 5.74) is 2.42. The maximum Gasteiger partial charge on any atom is 0.173 e. The van der Waals surface area contributed by atoms with Crippen molar-refractivity contribution in [3.63, 3.8) is 0 Å². The molecule has 86 valence electrons. The third kappa shape index (κ3) is 2.11. The Morgan fingerprint density at radius 1 is 1.50 bits per heavy atom. The monoisotopic (exact) mass is 218 g/mol. The van der Waals surface area contributed by atoms with Crippen LogP contribution in [0.3, 0.4) is 0 Å². The summed E-state index contributed by atoms with van der Waals surface area (Å²) in [5, 5.41) is 0. The third-order valence-electron chi connectivity index (χ3n) is 2.99. The van der Waals surface area contributed by atoms with Crippen molar-refractivity contribution in [3.05, 3.63) is 29.3 Å². The van der Waals surface area contributed by atoms with Crippen molar-refractivity contribution < 1.29 is 9.53 Å². The van der Waals surface area contributed by atoms with Gasteiger partial charge in [-0.05, 0) is 24.5 Å². The Morgan fingerprint density at radius 3 is 2.88 bits per heavy atom. The molecule has 2 nitrogen and oxygen atoms in total. The number of ketones is 1. The average Bonchev–Trinajstić information content (AvgIpc) is 2.61. The van der Waals surface area contributed by atoms with E-state index in [-0.39, 0.29) is 11.9 Å². The molecule has 1 atom stereocenters. The first-order chi connectivity index (χ1) is 7.58. The summed E-state index contributed by atoms with van der Waals surface area (Å²) < 4.78 is 5.70. The molecular formula is C14H18O2. The van der Waals surface area contributed by atoms with Crippen LogP contribution in [0.25, 0.3) is 0 Å². The fraction of sp³-hybridized carbons (Fsp3) is 0.500. The van der Waals surface area contributed by atoms with Crippen molar-refractivity contribution in [2.45, 2.75) is 39.7 Å². The molecule has 2 heteroatoms. The number of hydrogen-bond donors (Lipinski definition) is 0. The van der Waals surface area contributed by atoms with Gasteiger partial charge in [0.15, 0.2) is 11.9 Å². The van der Waals surface area contributed by atoms with E-state index in [1.165, 1.54) is 11.1 Å². The van der Waals surface area contributed by atoms with Gasteiger partial charge in [0.2, 0.25) is 0 Å². The number of ether oxygens (including phenoxy) is 1. The van der Waals surface area contributed by atoms with E-state index in [9.17, 15) is 4.79 Å². The lowest BCUT2D eigenvalue weighted by atomic mass is 9.98. The highest BCUT2D eigenvalue weighted by molar-refractivity contribution is 5.84. The number of carbonyl (C=O) groups is 1. The maximum absolute atomic E-state index is 11.9. The van der Waals surface area contributed by atoms with Gasteiger partial charge in [-0.15, -0.1) is 0 Å². The molecule has 1 heterocycles. The average molecular weight is 218 g/mol. The highest BCUT2D eigenvalue weighted by Crippen LogP contribution is 2.32. The number of fused-ring (bicyclic) bond motifs is 1. The minimum atomic E-state index is -0.251. The zero-order chi connectivity index (χ0) is 11.7. The number of benzene rings is 1. The van der Waals surface area contributed by atoms with Crippen molar-refractivity contribution in [1.82, 2.24) is 0 Å². The molecule has 1 aliphatic rings. The molecule has 0 spiro atoms. The molecule has 0 aromatic heterocycles. The lowest BCUT2D eigenvalue weighted by Crippen LogP contribution is -2.26. The molecule has 1 unspecified atom stereocenters. The van der Waals surface area contributed by atoms with Crippen LogP contribution in [0, 0.1) is 12.8 Å². The molecule has 0 fully saturated rings. The van der Waals surface area contributed by atoms with E-state index < -0.39 is 0 Å². The number of aryl methyl sites for hydroxylation is 1. The van der Waals surface area contributed by atoms with Gasteiger partial charge in [-0.3, -0.25) is 4.79 Å². The fourth-order valence-corrected chi connectivity index (χ4v) is 2.14. The van der Waals surface area contributed by atoms with Gasteiger partial charge in [0, 0.05) is 18.4 Å². The van der Waals surface area contributed by atoms with Crippen LogP contribution in [-0.4, -0.2) is 11.9 Å². The van der Waals surface area contributed by atoms with E-state index >= 15 is 0 Å². The van der Waals surface area contributed by atoms with E-state index in [0.717, 1.165) is 12.2 Å². The van der Waals surface area contributed by atoms with Gasteiger partial charge in [-0.25, -0.2) is 0 Å². The van der Waals surface area contributed by atoms with Crippen molar-refractivity contribution in [1.29, 1.82) is 0 Å². The summed E-state index contributed by atoms with van der Waals surface area (Å²) in [6.07, 6.45) is 1.10. The van der Waals surface area contributed by atoms with Gasteiger partial charge >= 0.3 is 0 Å². The van der Waals surface area contributed by atoms with Crippen molar-refractivity contribution in [2.75, 3.05) is 0 Å². The second kappa shape index (κ2) is 4.28. The quantitative estimate of drug-likeness (QED) is 0.779. The Kier molecular flexibility index (Phi) is 2.99. The van der Waals surface area contributed by atoms with E-state index in [4.69, 9.17) is 4.74 Å². The molecule has 2 rings (SSSR count). The van der Waals surface area contributed by atoms with Gasteiger partial charge < -0.3 is 4.74 Å². The Labute approximate surface area is 96.6 Å². The first kappa shape index (κ1) is 11.2. The van der Waals surface area contributed by atoms with Gasteiger partial charge in [0.25, 0.3) is 0 Å². The second-order valence-corrected chi connectivity index (χ2v) is 4.93. The number of hydrogen-bond acceptors (Lipinski definition) is 2. The lowest BCUT2D eigenvalue weighted by molar-refractivity contribution is -0.125. The predicted octanol–water partition coefficient (Wildman–Crippen LogP) is 2.91. The number of rotatable bonds is 3. The van der Waals surface area contributed by atoms with Crippen LogP contribution >= 0.6 is 0 Å². The number of carbonyl (C=O) groups excluding carboxylic acids is 1. The molecule has 0 aliphatic carbocycles. The standard InChI is InChI=1S/C14H18O2/c1-9(2)7-12(15)14-8-11-10(3)5-4-6-13(11)16-14/h4-6,9,14H,7-8H2,1-3H3. The largest absolute Gasteiger partial charge is 0.482 e. The Bertz CT molecular complexity index is 407. The normalized spacial score (nSPS) is 18.4. The smallest absolute Gasteiger partial charge is 0.173 e. The Balaban J connectivity index is 2.11. The van der Waals surface area contributed by atoms with Gasteiger partial charge in [-0.2, -0.15) is 0 Å². The molecule has 0 saturated carbocycles.